The van der Waals surface area contributed by atoms with Gasteiger partial charge in [-0.2, -0.15) is 0 Å². The molecular formula is C5H8N2O2. The van der Waals surface area contributed by atoms with E-state index in [1.807, 2.05) is 5.32 Å². The molecule has 0 spiro atoms. The summed E-state index contributed by atoms with van der Waals surface area (Å²) >= 11 is 0. The van der Waals surface area contributed by atoms with Crippen molar-refractivity contribution >= 4 is 11.9 Å². The molecule has 0 saturated carbocycles. The minimum atomic E-state index is -0.858. The van der Waals surface area contributed by atoms with Gasteiger partial charge in [-0.15, -0.1) is 0 Å². The smallest absolute Gasteiger partial charge is 0.319 e. The molecule has 3 amide bonds. The van der Waals surface area contributed by atoms with Crippen LogP contribution in [0.15, 0.2) is 12.2 Å². The van der Waals surface area contributed by atoms with Gasteiger partial charge in [-0.1, -0.05) is 6.58 Å². The van der Waals surface area contributed by atoms with Gasteiger partial charge in [0.25, 0.3) is 5.91 Å². The van der Waals surface area contributed by atoms with Crippen LogP contribution in [-0.4, -0.2) is 11.9 Å². The number of hydrogen-bond donors (Lipinski definition) is 2. The minimum absolute atomic E-state index is 0.258. The Morgan fingerprint density at radius 1 is 1.56 bits per heavy atom. The summed E-state index contributed by atoms with van der Waals surface area (Å²) in [6, 6.07) is -0.858. The van der Waals surface area contributed by atoms with E-state index >= 15 is 0 Å². The number of hydrogen-bond acceptors (Lipinski definition) is 2. The highest BCUT2D eigenvalue weighted by atomic mass is 16.2. The number of carbonyl (C=O) groups excluding carboxylic acids is 2. The van der Waals surface area contributed by atoms with Crippen LogP contribution in [0.25, 0.3) is 0 Å². The number of carbonyl (C=O) groups is 2. The van der Waals surface area contributed by atoms with E-state index in [1.54, 1.807) is 0 Å². The molecule has 4 heteroatoms. The Labute approximate surface area is 52.7 Å². The lowest BCUT2D eigenvalue weighted by Gasteiger charge is -1.95. The standard InChI is InChI=1S/C5H8N2O2/c1-3(2)4(8)7-5(6)9/h1H2,2H3,(H3,6,7,8,9). The molecule has 0 heterocycles. The molecule has 0 aromatic rings. The minimum Gasteiger partial charge on any atom is -0.351 e. The van der Waals surface area contributed by atoms with Crippen LogP contribution >= 0.6 is 0 Å². The van der Waals surface area contributed by atoms with Gasteiger partial charge in [-0.05, 0) is 6.92 Å². The molecule has 0 aromatic carbocycles. The van der Waals surface area contributed by atoms with Crippen molar-refractivity contribution in [2.45, 2.75) is 6.92 Å². The normalized spacial score (nSPS) is 8.11. The lowest BCUT2D eigenvalue weighted by molar-refractivity contribution is -0.116. The molecule has 50 valence electrons. The predicted molar refractivity (Wildman–Crippen MR) is 32.5 cm³/mol. The summed E-state index contributed by atoms with van der Waals surface area (Å²) in [5.41, 5.74) is 4.88. The van der Waals surface area contributed by atoms with E-state index in [2.05, 4.69) is 12.3 Å². The second-order valence-electron chi connectivity index (χ2n) is 1.60. The summed E-state index contributed by atoms with van der Waals surface area (Å²) in [5.74, 6) is -0.539. The molecule has 0 saturated heterocycles. The van der Waals surface area contributed by atoms with Crippen molar-refractivity contribution in [1.29, 1.82) is 0 Å². The molecule has 9 heavy (non-hydrogen) atoms. The average Bonchev–Trinajstić information content (AvgIpc) is 1.63. The van der Waals surface area contributed by atoms with E-state index in [1.165, 1.54) is 6.92 Å². The first kappa shape index (κ1) is 7.68. The molecule has 0 bridgehead atoms. The Balaban J connectivity index is 3.79. The van der Waals surface area contributed by atoms with Crippen molar-refractivity contribution in [1.82, 2.24) is 5.32 Å². The number of amides is 3. The van der Waals surface area contributed by atoms with Gasteiger partial charge in [0.2, 0.25) is 0 Å². The van der Waals surface area contributed by atoms with Gasteiger partial charge in [0.05, 0.1) is 0 Å². The zero-order valence-electron chi connectivity index (χ0n) is 5.10. The first-order valence-electron chi connectivity index (χ1n) is 2.30. The van der Waals surface area contributed by atoms with Gasteiger partial charge in [0.15, 0.2) is 0 Å². The fourth-order valence-electron chi connectivity index (χ4n) is 0.219. The summed E-state index contributed by atoms with van der Waals surface area (Å²) in [6.45, 7) is 4.77. The molecule has 0 fully saturated rings. The second-order valence-corrected chi connectivity index (χ2v) is 1.60. The van der Waals surface area contributed by atoms with Gasteiger partial charge in [-0.3, -0.25) is 10.1 Å². The molecule has 0 unspecified atom stereocenters. The number of primary amides is 1. The third-order valence-corrected chi connectivity index (χ3v) is 0.624. The first-order valence-corrected chi connectivity index (χ1v) is 2.30. The van der Waals surface area contributed by atoms with E-state index in [9.17, 15) is 9.59 Å². The lowest BCUT2D eigenvalue weighted by atomic mass is 10.3. The zero-order valence-corrected chi connectivity index (χ0v) is 5.10. The number of urea groups is 1. The van der Waals surface area contributed by atoms with E-state index in [-0.39, 0.29) is 5.57 Å². The van der Waals surface area contributed by atoms with Gasteiger partial charge in [-0.25, -0.2) is 4.79 Å². The van der Waals surface area contributed by atoms with Crippen molar-refractivity contribution in [2.24, 2.45) is 5.73 Å². The Hall–Kier alpha value is -1.32. The largest absolute Gasteiger partial charge is 0.351 e. The Morgan fingerprint density at radius 3 is 2.11 bits per heavy atom. The molecule has 0 aromatic heterocycles. The van der Waals surface area contributed by atoms with Crippen LogP contribution in [0.1, 0.15) is 6.92 Å². The average molecular weight is 128 g/mol. The van der Waals surface area contributed by atoms with Crippen molar-refractivity contribution in [3.63, 3.8) is 0 Å². The topological polar surface area (TPSA) is 72.2 Å². The highest BCUT2D eigenvalue weighted by Gasteiger charge is 2.01. The van der Waals surface area contributed by atoms with Crippen LogP contribution in [-0.2, 0) is 4.79 Å². The summed E-state index contributed by atoms with van der Waals surface area (Å²) in [4.78, 5) is 20.4. The highest BCUT2D eigenvalue weighted by molar-refractivity contribution is 6.02. The maximum absolute atomic E-state index is 10.4. The third-order valence-electron chi connectivity index (χ3n) is 0.624. The first-order chi connectivity index (χ1) is 4.04. The van der Waals surface area contributed by atoms with Crippen molar-refractivity contribution in [2.75, 3.05) is 0 Å². The van der Waals surface area contributed by atoms with E-state index in [0.717, 1.165) is 0 Å². The van der Waals surface area contributed by atoms with E-state index in [4.69, 9.17) is 0 Å². The van der Waals surface area contributed by atoms with Gasteiger partial charge < -0.3 is 5.73 Å². The van der Waals surface area contributed by atoms with Crippen LogP contribution in [0.2, 0.25) is 0 Å². The van der Waals surface area contributed by atoms with Crippen molar-refractivity contribution in [3.05, 3.63) is 12.2 Å². The quantitative estimate of drug-likeness (QED) is 0.478. The predicted octanol–water partition coefficient (Wildman–Crippen LogP) is -0.243. The van der Waals surface area contributed by atoms with Crippen LogP contribution in [0, 0.1) is 0 Å². The van der Waals surface area contributed by atoms with E-state index < -0.39 is 11.9 Å². The SMILES string of the molecule is C=C(C)C(=O)NC(N)=O. The summed E-state index contributed by atoms with van der Waals surface area (Å²) in [7, 11) is 0. The fourth-order valence-corrected chi connectivity index (χ4v) is 0.219. The van der Waals surface area contributed by atoms with Crippen LogP contribution in [0.3, 0.4) is 0 Å². The molecule has 3 N–H and O–H groups in total. The summed E-state index contributed by atoms with van der Waals surface area (Å²) in [5, 5.41) is 1.84. The maximum atomic E-state index is 10.4. The maximum Gasteiger partial charge on any atom is 0.319 e. The Kier molecular flexibility index (Phi) is 2.44. The third kappa shape index (κ3) is 3.28. The molecule has 0 aliphatic rings. The number of imide groups is 1. The second kappa shape index (κ2) is 2.86. The molecule has 0 aliphatic heterocycles. The molecule has 0 rings (SSSR count). The molecule has 4 nitrogen and oxygen atoms in total. The summed E-state index contributed by atoms with van der Waals surface area (Å²) in [6.07, 6.45) is 0. The number of nitrogens with two attached hydrogens (primary N) is 1. The monoisotopic (exact) mass is 128 g/mol. The van der Waals surface area contributed by atoms with Crippen molar-refractivity contribution < 1.29 is 9.59 Å². The number of rotatable bonds is 1. The lowest BCUT2D eigenvalue weighted by Crippen LogP contribution is -2.35. The van der Waals surface area contributed by atoms with Crippen LogP contribution < -0.4 is 11.1 Å². The Bertz CT molecular complexity index is 162. The molecule has 0 atom stereocenters. The molecule has 0 aliphatic carbocycles. The van der Waals surface area contributed by atoms with Gasteiger partial charge >= 0.3 is 6.03 Å². The number of nitrogens with one attached hydrogen (secondary N) is 1. The van der Waals surface area contributed by atoms with Crippen LogP contribution in [0.4, 0.5) is 4.79 Å². The molecule has 0 radical (unpaired) electrons. The Morgan fingerprint density at radius 2 is 2.00 bits per heavy atom. The van der Waals surface area contributed by atoms with Gasteiger partial charge in [0, 0.05) is 5.57 Å². The zero-order chi connectivity index (χ0) is 7.44. The molecular weight excluding hydrogens is 120 g/mol. The fraction of sp³-hybridized carbons (Fsp3) is 0.200. The van der Waals surface area contributed by atoms with Gasteiger partial charge in [0.1, 0.15) is 0 Å². The van der Waals surface area contributed by atoms with Crippen LogP contribution in [0.5, 0.6) is 0 Å². The highest BCUT2D eigenvalue weighted by Crippen LogP contribution is 1.83. The van der Waals surface area contributed by atoms with Crippen molar-refractivity contribution in [3.8, 4) is 0 Å². The summed E-state index contributed by atoms with van der Waals surface area (Å²) < 4.78 is 0. The van der Waals surface area contributed by atoms with E-state index in [0.29, 0.717) is 0 Å².